The van der Waals surface area contributed by atoms with Crippen molar-refractivity contribution in [3.8, 4) is 0 Å². The van der Waals surface area contributed by atoms with Crippen LogP contribution < -0.4 is 5.32 Å². The van der Waals surface area contributed by atoms with E-state index >= 15 is 0 Å². The predicted molar refractivity (Wildman–Crippen MR) is 77.8 cm³/mol. The van der Waals surface area contributed by atoms with Crippen molar-refractivity contribution in [3.63, 3.8) is 0 Å². The molecule has 0 spiro atoms. The zero-order valence-corrected chi connectivity index (χ0v) is 12.8. The molecule has 0 radical (unpaired) electrons. The Kier molecular flexibility index (Phi) is 4.31. The molecule has 2 aliphatic rings. The minimum absolute atomic E-state index is 0.167. The van der Waals surface area contributed by atoms with E-state index < -0.39 is 0 Å². The molecule has 0 aromatic rings. The SMILES string of the molecule is CCC1=C(CN2CCN(C(C)(C)C)CC2)NC(=O)C1. The molecule has 1 amide bonds. The third-order valence-electron chi connectivity index (χ3n) is 4.22. The van der Waals surface area contributed by atoms with Crippen molar-refractivity contribution in [1.29, 1.82) is 0 Å². The smallest absolute Gasteiger partial charge is 0.228 e. The van der Waals surface area contributed by atoms with Crippen molar-refractivity contribution >= 4 is 5.91 Å². The van der Waals surface area contributed by atoms with E-state index in [1.165, 1.54) is 5.57 Å². The summed E-state index contributed by atoms with van der Waals surface area (Å²) in [4.78, 5) is 16.5. The topological polar surface area (TPSA) is 35.6 Å². The fourth-order valence-corrected chi connectivity index (χ4v) is 2.89. The van der Waals surface area contributed by atoms with Gasteiger partial charge >= 0.3 is 0 Å². The average molecular weight is 265 g/mol. The van der Waals surface area contributed by atoms with Crippen LogP contribution in [0.3, 0.4) is 0 Å². The largest absolute Gasteiger partial charge is 0.328 e. The number of rotatable bonds is 3. The predicted octanol–water partition coefficient (Wildman–Crippen LogP) is 1.59. The molecule has 2 rings (SSSR count). The maximum atomic E-state index is 11.5. The van der Waals surface area contributed by atoms with Gasteiger partial charge < -0.3 is 5.32 Å². The lowest BCUT2D eigenvalue weighted by Gasteiger charge is -2.42. The molecule has 0 bridgehead atoms. The van der Waals surface area contributed by atoms with Crippen LogP contribution in [0.2, 0.25) is 0 Å². The number of piperazine rings is 1. The Morgan fingerprint density at radius 3 is 2.32 bits per heavy atom. The van der Waals surface area contributed by atoms with E-state index in [4.69, 9.17) is 0 Å². The van der Waals surface area contributed by atoms with Gasteiger partial charge in [0.1, 0.15) is 0 Å². The fraction of sp³-hybridized carbons (Fsp3) is 0.800. The maximum absolute atomic E-state index is 11.5. The summed E-state index contributed by atoms with van der Waals surface area (Å²) in [5.74, 6) is 0.167. The van der Waals surface area contributed by atoms with Gasteiger partial charge in [-0.2, -0.15) is 0 Å². The number of hydrogen-bond donors (Lipinski definition) is 1. The third kappa shape index (κ3) is 3.57. The van der Waals surface area contributed by atoms with Gasteiger partial charge in [-0.25, -0.2) is 0 Å². The van der Waals surface area contributed by atoms with Gasteiger partial charge in [0.2, 0.25) is 5.91 Å². The first-order chi connectivity index (χ1) is 8.90. The van der Waals surface area contributed by atoms with Gasteiger partial charge in [-0.05, 0) is 32.8 Å². The molecular formula is C15H27N3O. The lowest BCUT2D eigenvalue weighted by molar-refractivity contribution is -0.119. The van der Waals surface area contributed by atoms with Crippen molar-refractivity contribution < 1.29 is 4.79 Å². The second kappa shape index (κ2) is 5.63. The lowest BCUT2D eigenvalue weighted by atomic mass is 10.0. The van der Waals surface area contributed by atoms with Crippen molar-refractivity contribution in [1.82, 2.24) is 15.1 Å². The number of nitrogens with zero attached hydrogens (tertiary/aromatic N) is 2. The first-order valence-electron chi connectivity index (χ1n) is 7.38. The highest BCUT2D eigenvalue weighted by molar-refractivity contribution is 5.84. The van der Waals surface area contributed by atoms with Crippen LogP contribution in [-0.2, 0) is 4.79 Å². The number of amides is 1. The number of nitrogens with one attached hydrogen (secondary N) is 1. The third-order valence-corrected chi connectivity index (χ3v) is 4.22. The van der Waals surface area contributed by atoms with E-state index in [9.17, 15) is 4.79 Å². The lowest BCUT2D eigenvalue weighted by Crippen LogP contribution is -2.53. The molecule has 4 heteroatoms. The van der Waals surface area contributed by atoms with E-state index in [2.05, 4.69) is 42.8 Å². The van der Waals surface area contributed by atoms with Crippen molar-refractivity contribution in [2.45, 2.75) is 46.1 Å². The van der Waals surface area contributed by atoms with Crippen LogP contribution in [-0.4, -0.2) is 54.0 Å². The Hall–Kier alpha value is -0.870. The van der Waals surface area contributed by atoms with Gasteiger partial charge in [-0.15, -0.1) is 0 Å². The van der Waals surface area contributed by atoms with Crippen LogP contribution in [0.4, 0.5) is 0 Å². The van der Waals surface area contributed by atoms with Gasteiger partial charge in [0.25, 0.3) is 0 Å². The maximum Gasteiger partial charge on any atom is 0.228 e. The number of hydrogen-bond acceptors (Lipinski definition) is 3. The van der Waals surface area contributed by atoms with Gasteiger partial charge in [-0.1, -0.05) is 6.92 Å². The number of carbonyl (C=O) groups excluding carboxylic acids is 1. The molecule has 1 fully saturated rings. The Bertz CT molecular complexity index is 373. The average Bonchev–Trinajstić information content (AvgIpc) is 2.69. The molecule has 0 atom stereocenters. The molecule has 0 aromatic carbocycles. The summed E-state index contributed by atoms with van der Waals surface area (Å²) >= 11 is 0. The molecule has 108 valence electrons. The minimum Gasteiger partial charge on any atom is -0.328 e. The van der Waals surface area contributed by atoms with Crippen LogP contribution in [0.1, 0.15) is 40.5 Å². The normalized spacial score (nSPS) is 23.1. The van der Waals surface area contributed by atoms with Gasteiger partial charge in [0.15, 0.2) is 0 Å². The van der Waals surface area contributed by atoms with Crippen LogP contribution in [0, 0.1) is 0 Å². The monoisotopic (exact) mass is 265 g/mol. The second-order valence-electron chi connectivity index (χ2n) is 6.59. The Morgan fingerprint density at radius 2 is 1.79 bits per heavy atom. The van der Waals surface area contributed by atoms with Crippen molar-refractivity contribution in [3.05, 3.63) is 11.3 Å². The summed E-state index contributed by atoms with van der Waals surface area (Å²) in [5.41, 5.74) is 2.72. The Morgan fingerprint density at radius 1 is 1.16 bits per heavy atom. The first kappa shape index (κ1) is 14.5. The molecule has 2 heterocycles. The summed E-state index contributed by atoms with van der Waals surface area (Å²) in [7, 11) is 0. The summed E-state index contributed by atoms with van der Waals surface area (Å²) in [6.45, 7) is 14.3. The molecule has 4 nitrogen and oxygen atoms in total. The van der Waals surface area contributed by atoms with Gasteiger partial charge in [0, 0.05) is 50.4 Å². The Balaban J connectivity index is 1.88. The highest BCUT2D eigenvalue weighted by atomic mass is 16.1. The molecule has 1 saturated heterocycles. The fourth-order valence-electron chi connectivity index (χ4n) is 2.89. The van der Waals surface area contributed by atoms with Crippen LogP contribution >= 0.6 is 0 Å². The minimum atomic E-state index is 0.167. The molecule has 0 unspecified atom stereocenters. The summed E-state index contributed by atoms with van der Waals surface area (Å²) in [6, 6.07) is 0. The van der Waals surface area contributed by atoms with Gasteiger partial charge in [-0.3, -0.25) is 14.6 Å². The Labute approximate surface area is 116 Å². The van der Waals surface area contributed by atoms with Crippen LogP contribution in [0.25, 0.3) is 0 Å². The summed E-state index contributed by atoms with van der Waals surface area (Å²) in [6.07, 6.45) is 1.59. The molecule has 0 saturated carbocycles. The molecule has 0 aliphatic carbocycles. The van der Waals surface area contributed by atoms with Crippen LogP contribution in [0.5, 0.6) is 0 Å². The van der Waals surface area contributed by atoms with Crippen LogP contribution in [0.15, 0.2) is 11.3 Å². The van der Waals surface area contributed by atoms with E-state index in [1.54, 1.807) is 0 Å². The summed E-state index contributed by atoms with van der Waals surface area (Å²) in [5, 5.41) is 3.03. The van der Waals surface area contributed by atoms with E-state index in [0.717, 1.165) is 44.8 Å². The quantitative estimate of drug-likeness (QED) is 0.841. The zero-order valence-electron chi connectivity index (χ0n) is 12.8. The second-order valence-corrected chi connectivity index (χ2v) is 6.59. The molecule has 0 aromatic heterocycles. The van der Waals surface area contributed by atoms with Crippen molar-refractivity contribution in [2.24, 2.45) is 0 Å². The first-order valence-corrected chi connectivity index (χ1v) is 7.38. The van der Waals surface area contributed by atoms with E-state index in [0.29, 0.717) is 6.42 Å². The highest BCUT2D eigenvalue weighted by Gasteiger charge is 2.27. The van der Waals surface area contributed by atoms with E-state index in [1.807, 2.05) is 0 Å². The summed E-state index contributed by atoms with van der Waals surface area (Å²) < 4.78 is 0. The molecule has 1 N–H and O–H groups in total. The standard InChI is InChI=1S/C15H27N3O/c1-5-12-10-14(19)16-13(12)11-17-6-8-18(9-7-17)15(2,3)4/h5-11H2,1-4H3,(H,16,19). The molecule has 19 heavy (non-hydrogen) atoms. The number of carbonyl (C=O) groups is 1. The molecular weight excluding hydrogens is 238 g/mol. The van der Waals surface area contributed by atoms with Gasteiger partial charge in [0.05, 0.1) is 0 Å². The highest BCUT2D eigenvalue weighted by Crippen LogP contribution is 2.20. The van der Waals surface area contributed by atoms with E-state index in [-0.39, 0.29) is 11.4 Å². The zero-order chi connectivity index (χ0) is 14.0. The van der Waals surface area contributed by atoms with Crippen molar-refractivity contribution in [2.75, 3.05) is 32.7 Å². The molecule has 2 aliphatic heterocycles.